The number of aliphatic imine (C=N–C) groups is 1. The van der Waals surface area contributed by atoms with Crippen LogP contribution in [0.4, 0.5) is 0 Å². The summed E-state index contributed by atoms with van der Waals surface area (Å²) in [7, 11) is 1.69. The molecule has 0 bridgehead atoms. The molecule has 1 aliphatic rings. The molecular weight excluding hydrogens is 331 g/mol. The van der Waals surface area contributed by atoms with Crippen LogP contribution in [-0.4, -0.2) is 24.4 Å². The quantitative estimate of drug-likeness (QED) is 0.784. The van der Waals surface area contributed by atoms with Crippen molar-refractivity contribution >= 4 is 28.9 Å². The lowest BCUT2D eigenvalue weighted by molar-refractivity contribution is 0.412. The molecule has 1 atom stereocenters. The van der Waals surface area contributed by atoms with Gasteiger partial charge in [-0.2, -0.15) is 0 Å². The van der Waals surface area contributed by atoms with Gasteiger partial charge in [-0.1, -0.05) is 42.3 Å². The summed E-state index contributed by atoms with van der Waals surface area (Å²) in [6.07, 6.45) is 4.85. The van der Waals surface area contributed by atoms with E-state index in [2.05, 4.69) is 18.0 Å². The van der Waals surface area contributed by atoms with Crippen LogP contribution >= 0.6 is 23.2 Å². The highest BCUT2D eigenvalue weighted by Gasteiger charge is 2.25. The van der Waals surface area contributed by atoms with E-state index in [1.165, 1.54) is 5.56 Å². The Labute approximate surface area is 146 Å². The van der Waals surface area contributed by atoms with Gasteiger partial charge in [-0.15, -0.1) is 0 Å². The number of fused-ring (bicyclic) bond motifs is 1. The Morgan fingerprint density at radius 1 is 1.22 bits per heavy atom. The second kappa shape index (κ2) is 6.90. The Bertz CT molecular complexity index is 738. The predicted octanol–water partition coefficient (Wildman–Crippen LogP) is 4.94. The first-order valence-corrected chi connectivity index (χ1v) is 8.39. The first-order valence-electron chi connectivity index (χ1n) is 7.64. The summed E-state index contributed by atoms with van der Waals surface area (Å²) < 4.78 is 5.57. The van der Waals surface area contributed by atoms with Crippen LogP contribution in [0.5, 0.6) is 5.75 Å². The summed E-state index contributed by atoms with van der Waals surface area (Å²) in [5, 5.41) is 1.13. The van der Waals surface area contributed by atoms with Crippen molar-refractivity contribution in [1.29, 1.82) is 0 Å². The number of benzene rings is 1. The van der Waals surface area contributed by atoms with Gasteiger partial charge in [-0.05, 0) is 23.6 Å². The van der Waals surface area contributed by atoms with Gasteiger partial charge in [-0.25, -0.2) is 0 Å². The lowest BCUT2D eigenvalue weighted by atomic mass is 9.85. The van der Waals surface area contributed by atoms with E-state index in [9.17, 15) is 0 Å². The first-order chi connectivity index (χ1) is 11.2. The van der Waals surface area contributed by atoms with Crippen molar-refractivity contribution in [2.45, 2.75) is 25.7 Å². The molecule has 23 heavy (non-hydrogen) atoms. The fourth-order valence-corrected chi connectivity index (χ4v) is 3.53. The lowest BCUT2D eigenvalue weighted by Gasteiger charge is -2.26. The molecule has 1 aromatic heterocycles. The molecule has 1 unspecified atom stereocenters. The average Bonchev–Trinajstić information content (AvgIpc) is 2.57. The van der Waals surface area contributed by atoms with Crippen LogP contribution < -0.4 is 4.74 Å². The van der Waals surface area contributed by atoms with E-state index in [1.807, 2.05) is 12.1 Å². The minimum Gasteiger partial charge on any atom is -0.496 e. The molecule has 0 saturated carbocycles. The molecule has 0 fully saturated rings. The van der Waals surface area contributed by atoms with Crippen molar-refractivity contribution in [1.82, 2.24) is 4.98 Å². The third-order valence-corrected chi connectivity index (χ3v) is 4.95. The molecular formula is C18H18Cl2N2O. The van der Waals surface area contributed by atoms with Crippen molar-refractivity contribution in [3.63, 3.8) is 0 Å². The molecule has 1 aliphatic heterocycles. The van der Waals surface area contributed by atoms with Crippen LogP contribution in [0.2, 0.25) is 10.0 Å². The van der Waals surface area contributed by atoms with Gasteiger partial charge >= 0.3 is 0 Å². The Morgan fingerprint density at radius 2 is 1.96 bits per heavy atom. The lowest BCUT2D eigenvalue weighted by Crippen LogP contribution is -2.20. The second-order valence-corrected chi connectivity index (χ2v) is 6.39. The van der Waals surface area contributed by atoms with E-state index in [0.29, 0.717) is 22.4 Å². The van der Waals surface area contributed by atoms with Crippen molar-refractivity contribution in [2.75, 3.05) is 13.7 Å². The number of hydrogen-bond acceptors (Lipinski definition) is 3. The van der Waals surface area contributed by atoms with Gasteiger partial charge in [0.15, 0.2) is 0 Å². The second-order valence-electron chi connectivity index (χ2n) is 5.58. The summed E-state index contributed by atoms with van der Waals surface area (Å²) >= 11 is 12.5. The standard InChI is InChI=1S/C18H18Cl2N2O/c1-3-11-8-22-16(7-13-14(19)9-21-10-15(13)20)18-12(11)5-4-6-17(18)23-2/h4-6,9-11H,3,7-8H2,1-2H3. The van der Waals surface area contributed by atoms with E-state index in [0.717, 1.165) is 35.6 Å². The van der Waals surface area contributed by atoms with Crippen molar-refractivity contribution in [2.24, 2.45) is 4.99 Å². The summed E-state index contributed by atoms with van der Waals surface area (Å²) in [6, 6.07) is 6.17. The van der Waals surface area contributed by atoms with Gasteiger partial charge in [-0.3, -0.25) is 9.98 Å². The number of methoxy groups -OCH3 is 1. The molecule has 1 aromatic carbocycles. The van der Waals surface area contributed by atoms with Gasteiger partial charge in [0.25, 0.3) is 0 Å². The summed E-state index contributed by atoms with van der Waals surface area (Å²) in [6.45, 7) is 2.97. The molecule has 120 valence electrons. The van der Waals surface area contributed by atoms with E-state index >= 15 is 0 Å². The maximum atomic E-state index is 6.27. The van der Waals surface area contributed by atoms with Crippen molar-refractivity contribution in [3.8, 4) is 5.75 Å². The van der Waals surface area contributed by atoms with Crippen LogP contribution in [0.15, 0.2) is 35.6 Å². The zero-order valence-electron chi connectivity index (χ0n) is 13.1. The smallest absolute Gasteiger partial charge is 0.128 e. The zero-order chi connectivity index (χ0) is 16.4. The Kier molecular flexibility index (Phi) is 4.88. The number of pyridine rings is 1. The topological polar surface area (TPSA) is 34.5 Å². The van der Waals surface area contributed by atoms with E-state index in [1.54, 1.807) is 19.5 Å². The molecule has 0 spiro atoms. The van der Waals surface area contributed by atoms with E-state index in [-0.39, 0.29) is 0 Å². The minimum absolute atomic E-state index is 0.423. The van der Waals surface area contributed by atoms with Gasteiger partial charge in [0.05, 0.1) is 22.9 Å². The fraction of sp³-hybridized carbons (Fsp3) is 0.333. The van der Waals surface area contributed by atoms with E-state index in [4.69, 9.17) is 32.9 Å². The van der Waals surface area contributed by atoms with E-state index < -0.39 is 0 Å². The van der Waals surface area contributed by atoms with Crippen LogP contribution in [0.3, 0.4) is 0 Å². The molecule has 2 heterocycles. The molecule has 3 nitrogen and oxygen atoms in total. The highest BCUT2D eigenvalue weighted by atomic mass is 35.5. The monoisotopic (exact) mass is 348 g/mol. The van der Waals surface area contributed by atoms with Crippen molar-refractivity contribution < 1.29 is 4.74 Å². The maximum Gasteiger partial charge on any atom is 0.128 e. The van der Waals surface area contributed by atoms with Crippen LogP contribution in [0, 0.1) is 0 Å². The van der Waals surface area contributed by atoms with Crippen molar-refractivity contribution in [3.05, 3.63) is 57.3 Å². The van der Waals surface area contributed by atoms with Gasteiger partial charge in [0.1, 0.15) is 5.75 Å². The largest absolute Gasteiger partial charge is 0.496 e. The molecule has 3 rings (SSSR count). The third kappa shape index (κ3) is 3.08. The third-order valence-electron chi connectivity index (χ3n) is 4.30. The normalized spacial score (nSPS) is 16.7. The molecule has 0 aliphatic carbocycles. The summed E-state index contributed by atoms with van der Waals surface area (Å²) in [4.78, 5) is 8.82. The van der Waals surface area contributed by atoms with Crippen LogP contribution in [0.25, 0.3) is 0 Å². The molecule has 0 amide bonds. The minimum atomic E-state index is 0.423. The van der Waals surface area contributed by atoms with Crippen LogP contribution in [0.1, 0.15) is 36.0 Å². The average molecular weight is 349 g/mol. The molecule has 0 saturated heterocycles. The van der Waals surface area contributed by atoms with Gasteiger partial charge in [0.2, 0.25) is 0 Å². The highest BCUT2D eigenvalue weighted by Crippen LogP contribution is 2.36. The highest BCUT2D eigenvalue weighted by molar-refractivity contribution is 6.36. The molecule has 2 aromatic rings. The fourth-order valence-electron chi connectivity index (χ4n) is 3.03. The summed E-state index contributed by atoms with van der Waals surface area (Å²) in [5.74, 6) is 1.27. The first kappa shape index (κ1) is 16.3. The number of nitrogens with zero attached hydrogens (tertiary/aromatic N) is 2. The molecule has 5 heteroatoms. The van der Waals surface area contributed by atoms with Gasteiger partial charge in [0, 0.05) is 36.8 Å². The Hall–Kier alpha value is -1.58. The molecule has 0 radical (unpaired) electrons. The number of halogens is 2. The SMILES string of the molecule is CCC1CN=C(Cc2c(Cl)cncc2Cl)c2c(OC)cccc21. The summed E-state index contributed by atoms with van der Waals surface area (Å²) in [5.41, 5.74) is 4.20. The number of ether oxygens (including phenoxy) is 1. The van der Waals surface area contributed by atoms with Gasteiger partial charge < -0.3 is 4.74 Å². The van der Waals surface area contributed by atoms with Crippen LogP contribution in [-0.2, 0) is 6.42 Å². The predicted molar refractivity (Wildman–Crippen MR) is 95.4 cm³/mol. The number of rotatable bonds is 4. The number of hydrogen-bond donors (Lipinski definition) is 0. The Balaban J connectivity index is 2.07. The zero-order valence-corrected chi connectivity index (χ0v) is 14.7. The molecule has 0 N–H and O–H groups in total. The maximum absolute atomic E-state index is 6.27. The number of aromatic nitrogens is 1. The Morgan fingerprint density at radius 3 is 2.61 bits per heavy atom.